The van der Waals surface area contributed by atoms with Crippen molar-refractivity contribution in [3.63, 3.8) is 0 Å². The molecule has 0 N–H and O–H groups in total. The number of methoxy groups -OCH3 is 1. The Kier molecular flexibility index (Phi) is 7.16. The first-order valence-corrected chi connectivity index (χ1v) is 12.7. The van der Waals surface area contributed by atoms with Crippen LogP contribution in [-0.2, 0) is 9.53 Å². The molecule has 2 nitrogen and oxygen atoms in total. The molecule has 0 spiro atoms. The summed E-state index contributed by atoms with van der Waals surface area (Å²) in [6, 6.07) is 0. The number of alkyl halides is 1. The molecule has 0 saturated heterocycles. The van der Waals surface area contributed by atoms with Gasteiger partial charge in [-0.15, -0.1) is 0 Å². The Bertz CT molecular complexity index is 521. The number of carbonyl (C=O) groups is 1. The summed E-state index contributed by atoms with van der Waals surface area (Å²) in [5.41, 5.74) is 0.249. The van der Waals surface area contributed by atoms with Gasteiger partial charge in [-0.05, 0) is 85.9 Å². The topological polar surface area (TPSA) is 26.3 Å². The van der Waals surface area contributed by atoms with Gasteiger partial charge in [-0.3, -0.25) is 4.79 Å². The predicted molar refractivity (Wildman–Crippen MR) is 116 cm³/mol. The zero-order chi connectivity index (χ0) is 19.8. The molecule has 4 rings (SSSR count). The van der Waals surface area contributed by atoms with Gasteiger partial charge in [0.05, 0.1) is 11.4 Å². The minimum absolute atomic E-state index is 0.249. The van der Waals surface area contributed by atoms with Crippen LogP contribution in [0.4, 0.5) is 0 Å². The Balaban J connectivity index is 0.00000102. The van der Waals surface area contributed by atoms with E-state index in [4.69, 9.17) is 4.74 Å². The van der Waals surface area contributed by atoms with E-state index in [1.54, 1.807) is 0 Å². The maximum absolute atomic E-state index is 12.5. The molecule has 4 aliphatic carbocycles. The van der Waals surface area contributed by atoms with Crippen LogP contribution in [0, 0.1) is 46.8 Å². The molecule has 4 fully saturated rings. The number of carbonyl (C=O) groups excluding carboxylic acids is 1. The van der Waals surface area contributed by atoms with Gasteiger partial charge in [0.1, 0.15) is 5.78 Å². The molecule has 0 aromatic heterocycles. The normalized spacial score (nSPS) is 48.5. The average molecular weight is 441 g/mol. The first kappa shape index (κ1) is 21.8. The number of hydrogen-bond donors (Lipinski definition) is 0. The fourth-order valence-electron chi connectivity index (χ4n) is 7.93. The molecular weight excluding hydrogens is 400 g/mol. The van der Waals surface area contributed by atoms with E-state index in [1.807, 2.05) is 21.0 Å². The number of rotatable bonds is 3. The van der Waals surface area contributed by atoms with Gasteiger partial charge in [0, 0.05) is 13.0 Å². The number of halogens is 1. The number of hydrogen-bond acceptors (Lipinski definition) is 2. The van der Waals surface area contributed by atoms with Crippen LogP contribution in [0.15, 0.2) is 0 Å². The minimum atomic E-state index is 0.249. The van der Waals surface area contributed by atoms with Crippen LogP contribution in [0.5, 0.6) is 0 Å². The Morgan fingerprint density at radius 3 is 2.37 bits per heavy atom. The first-order chi connectivity index (χ1) is 13.0. The van der Waals surface area contributed by atoms with Gasteiger partial charge in [-0.2, -0.15) is 0 Å². The first-order valence-electron chi connectivity index (χ1n) is 11.6. The van der Waals surface area contributed by atoms with Crippen molar-refractivity contribution in [3.8, 4) is 0 Å². The molecule has 9 atom stereocenters. The summed E-state index contributed by atoms with van der Waals surface area (Å²) in [6.07, 6.45) is 10.9. The van der Waals surface area contributed by atoms with Gasteiger partial charge in [0.25, 0.3) is 0 Å². The number of ketones is 1. The van der Waals surface area contributed by atoms with Crippen molar-refractivity contribution < 1.29 is 9.53 Å². The van der Waals surface area contributed by atoms with E-state index in [2.05, 4.69) is 29.8 Å². The van der Waals surface area contributed by atoms with Crippen LogP contribution >= 0.6 is 15.9 Å². The van der Waals surface area contributed by atoms with Crippen molar-refractivity contribution in [1.29, 1.82) is 0 Å². The second kappa shape index (κ2) is 8.86. The lowest BCUT2D eigenvalue weighted by atomic mass is 9.48. The van der Waals surface area contributed by atoms with E-state index in [-0.39, 0.29) is 5.41 Å². The highest BCUT2D eigenvalue weighted by atomic mass is 79.9. The minimum Gasteiger partial charge on any atom is -0.381 e. The molecule has 0 radical (unpaired) electrons. The fourth-order valence-corrected chi connectivity index (χ4v) is 8.32. The van der Waals surface area contributed by atoms with Crippen LogP contribution in [0.1, 0.15) is 79.1 Å². The molecule has 0 aromatic rings. The van der Waals surface area contributed by atoms with E-state index in [0.717, 1.165) is 41.9 Å². The number of Topliss-reactive ketones (excluding diaryl/α,β-unsaturated/α-hetero) is 1. The molecule has 9 unspecified atom stereocenters. The summed E-state index contributed by atoms with van der Waals surface area (Å²) in [5, 5.41) is 0.539. The lowest BCUT2D eigenvalue weighted by molar-refractivity contribution is -0.138. The molecule has 0 amide bonds. The van der Waals surface area contributed by atoms with E-state index in [0.29, 0.717) is 23.1 Å². The third kappa shape index (κ3) is 3.69. The summed E-state index contributed by atoms with van der Waals surface area (Å²) in [4.78, 5) is 12.5. The largest absolute Gasteiger partial charge is 0.381 e. The molecule has 156 valence electrons. The monoisotopic (exact) mass is 440 g/mol. The van der Waals surface area contributed by atoms with Gasteiger partial charge in [0.15, 0.2) is 0 Å². The van der Waals surface area contributed by atoms with Gasteiger partial charge >= 0.3 is 0 Å². The number of ether oxygens (including phenoxy) is 1. The molecule has 3 heteroatoms. The maximum Gasteiger partial charge on any atom is 0.147 e. The standard InChI is InChI=1S/C22H35BrO2.C2H6/c1-13-4-5-14-15-8-9-22(2)18(6-7-19(22)20(24)12-23)16(15)11-21(25-3)17(14)10-13;1-2/h13-19,21H,4-12H2,1-3H3;1-2H3. The SMILES string of the molecule is CC.COC1CC2C(CCC3(C)C(C(=O)CBr)CCC23)C2CCC(C)CC12. The van der Waals surface area contributed by atoms with Crippen LogP contribution < -0.4 is 0 Å². The highest BCUT2D eigenvalue weighted by Gasteiger charge is 2.59. The second-order valence-electron chi connectivity index (χ2n) is 9.96. The van der Waals surface area contributed by atoms with E-state index >= 15 is 0 Å². The summed E-state index contributed by atoms with van der Waals surface area (Å²) in [5.74, 6) is 5.74. The molecule has 4 saturated carbocycles. The third-order valence-corrected chi connectivity index (χ3v) is 9.62. The van der Waals surface area contributed by atoms with E-state index < -0.39 is 0 Å². The molecule has 4 aliphatic rings. The van der Waals surface area contributed by atoms with Crippen LogP contribution in [-0.4, -0.2) is 24.3 Å². The summed E-state index contributed by atoms with van der Waals surface area (Å²) < 4.78 is 6.06. The van der Waals surface area contributed by atoms with Crippen LogP contribution in [0.2, 0.25) is 0 Å². The van der Waals surface area contributed by atoms with Crippen molar-refractivity contribution in [3.05, 3.63) is 0 Å². The molecule has 0 heterocycles. The lowest BCUT2D eigenvalue weighted by Gasteiger charge is -2.57. The smallest absolute Gasteiger partial charge is 0.147 e. The Hall–Kier alpha value is 0.110. The zero-order valence-electron chi connectivity index (χ0n) is 18.2. The van der Waals surface area contributed by atoms with Crippen molar-refractivity contribution >= 4 is 21.7 Å². The van der Waals surface area contributed by atoms with Crippen LogP contribution in [0.3, 0.4) is 0 Å². The maximum atomic E-state index is 12.5. The second-order valence-corrected chi connectivity index (χ2v) is 10.5. The highest BCUT2D eigenvalue weighted by molar-refractivity contribution is 9.09. The summed E-state index contributed by atoms with van der Waals surface area (Å²) in [6.45, 7) is 8.88. The Morgan fingerprint density at radius 2 is 1.70 bits per heavy atom. The van der Waals surface area contributed by atoms with Crippen LogP contribution in [0.25, 0.3) is 0 Å². The molecule has 0 aliphatic heterocycles. The van der Waals surface area contributed by atoms with Crippen molar-refractivity contribution in [2.45, 2.75) is 85.2 Å². The lowest BCUT2D eigenvalue weighted by Crippen LogP contribution is -2.53. The van der Waals surface area contributed by atoms with E-state index in [9.17, 15) is 4.79 Å². The summed E-state index contributed by atoms with van der Waals surface area (Å²) in [7, 11) is 1.94. The van der Waals surface area contributed by atoms with Gasteiger partial charge in [-0.25, -0.2) is 0 Å². The molecule has 0 aromatic carbocycles. The van der Waals surface area contributed by atoms with Crippen molar-refractivity contribution in [2.24, 2.45) is 46.8 Å². The average Bonchev–Trinajstić information content (AvgIpc) is 3.05. The highest BCUT2D eigenvalue weighted by Crippen LogP contribution is 2.64. The molecule has 27 heavy (non-hydrogen) atoms. The molecule has 0 bridgehead atoms. The Labute approximate surface area is 175 Å². The Morgan fingerprint density at radius 1 is 1.00 bits per heavy atom. The van der Waals surface area contributed by atoms with Crippen molar-refractivity contribution in [1.82, 2.24) is 0 Å². The number of fused-ring (bicyclic) bond motifs is 5. The third-order valence-electron chi connectivity index (χ3n) is 9.06. The molecular formula is C24H41BrO2. The van der Waals surface area contributed by atoms with Gasteiger partial charge in [-0.1, -0.05) is 50.0 Å². The van der Waals surface area contributed by atoms with Gasteiger partial charge in [0.2, 0.25) is 0 Å². The van der Waals surface area contributed by atoms with E-state index in [1.165, 1.54) is 44.9 Å². The quantitative estimate of drug-likeness (QED) is 0.467. The fraction of sp³-hybridized carbons (Fsp3) is 0.958. The zero-order valence-corrected chi connectivity index (χ0v) is 19.8. The predicted octanol–water partition coefficient (Wildman–Crippen LogP) is 6.51. The van der Waals surface area contributed by atoms with Crippen molar-refractivity contribution in [2.75, 3.05) is 12.4 Å². The summed E-state index contributed by atoms with van der Waals surface area (Å²) >= 11 is 3.44. The van der Waals surface area contributed by atoms with Gasteiger partial charge < -0.3 is 4.74 Å².